The highest BCUT2D eigenvalue weighted by atomic mass is 35.7. The van der Waals surface area contributed by atoms with E-state index in [1.165, 1.54) is 115 Å². The molecular formula is C84H58ClO4P. The van der Waals surface area contributed by atoms with Gasteiger partial charge in [0.15, 0.2) is 0 Å². The van der Waals surface area contributed by atoms with Crippen molar-refractivity contribution in [1.82, 2.24) is 0 Å². The molecule has 0 aliphatic heterocycles. The first-order valence-corrected chi connectivity index (χ1v) is 32.6. The second-order valence-electron chi connectivity index (χ2n) is 22.1. The van der Waals surface area contributed by atoms with Crippen molar-refractivity contribution >= 4 is 56.2 Å². The smallest absolute Gasteiger partial charge is 0.0777 e. The Morgan fingerprint density at radius 3 is 0.489 bits per heavy atom. The zero-order chi connectivity index (χ0) is 61.0. The number of halogens is 1. The van der Waals surface area contributed by atoms with Gasteiger partial charge in [0, 0.05) is 15.9 Å². The van der Waals surface area contributed by atoms with E-state index in [1.54, 1.807) is 0 Å². The zero-order valence-electron chi connectivity index (χ0n) is 48.9. The van der Waals surface area contributed by atoms with Gasteiger partial charge in [-0.3, -0.25) is 0 Å². The molecule has 0 unspecified atom stereocenters. The third kappa shape index (κ3) is 11.1. The van der Waals surface area contributed by atoms with Crippen molar-refractivity contribution in [2.45, 2.75) is 0 Å². The molecule has 0 amide bonds. The predicted molar refractivity (Wildman–Crippen MR) is 369 cm³/mol. The van der Waals surface area contributed by atoms with Gasteiger partial charge >= 0.3 is 0 Å². The SMILES string of the molecule is [O-][Cl+3]([O-])([O-])O.c1ccc(-c2c(-c3ccccc3)c(P(c3c(-c4ccccc4)c(-c4ccccc4)c(-c4ccccc4)c4ccccc34)c3c(-c4ccccc4)c(-c4ccccc4)c(-c4ccccc4)c4ccccc34)c3ccccc3c2-c2ccccc2)cc1. The van der Waals surface area contributed by atoms with Crippen LogP contribution in [0.2, 0.25) is 0 Å². The summed E-state index contributed by atoms with van der Waals surface area (Å²) >= 11 is 0. The molecule has 6 heteroatoms. The number of fused-ring (bicyclic) bond motifs is 3. The summed E-state index contributed by atoms with van der Waals surface area (Å²) in [6.07, 6.45) is 0. The van der Waals surface area contributed by atoms with Crippen LogP contribution in [-0.4, -0.2) is 4.66 Å². The van der Waals surface area contributed by atoms with E-state index in [9.17, 15) is 0 Å². The van der Waals surface area contributed by atoms with E-state index in [0.717, 1.165) is 33.4 Å². The molecule has 1 N–H and O–H groups in total. The first kappa shape index (κ1) is 57.4. The maximum absolute atomic E-state index is 8.60. The lowest BCUT2D eigenvalue weighted by atomic mass is 9.83. The minimum atomic E-state index is -4.69. The molecule has 0 aromatic heterocycles. The van der Waals surface area contributed by atoms with Crippen molar-refractivity contribution in [3.05, 3.63) is 346 Å². The molecule has 0 spiro atoms. The van der Waals surface area contributed by atoms with Crippen molar-refractivity contribution in [3.8, 4) is 100 Å². The lowest BCUT2D eigenvalue weighted by Crippen LogP contribution is -2.58. The molecule has 0 bridgehead atoms. The van der Waals surface area contributed by atoms with Crippen molar-refractivity contribution in [2.24, 2.45) is 0 Å². The highest BCUT2D eigenvalue weighted by Gasteiger charge is 2.38. The van der Waals surface area contributed by atoms with Crippen molar-refractivity contribution in [2.75, 3.05) is 0 Å². The highest BCUT2D eigenvalue weighted by Crippen LogP contribution is 2.58. The van der Waals surface area contributed by atoms with Gasteiger partial charge in [0.2, 0.25) is 0 Å². The number of hydrogen-bond donors (Lipinski definition) is 1. The van der Waals surface area contributed by atoms with E-state index in [4.69, 9.17) is 18.6 Å². The number of hydrogen-bond acceptors (Lipinski definition) is 4. The molecule has 430 valence electrons. The maximum Gasteiger partial charge on any atom is 0.0777 e. The van der Waals surface area contributed by atoms with Crippen LogP contribution in [-0.2, 0) is 0 Å². The van der Waals surface area contributed by atoms with Crippen molar-refractivity contribution in [1.29, 1.82) is 0 Å². The molecule has 15 aromatic rings. The van der Waals surface area contributed by atoms with Gasteiger partial charge in [0.05, 0.1) is 14.9 Å². The molecule has 15 rings (SSSR count). The second-order valence-corrected chi connectivity index (χ2v) is 24.9. The first-order valence-electron chi connectivity index (χ1n) is 30.0. The Morgan fingerprint density at radius 1 is 0.178 bits per heavy atom. The molecule has 90 heavy (non-hydrogen) atoms. The Kier molecular flexibility index (Phi) is 16.2. The van der Waals surface area contributed by atoms with Gasteiger partial charge in [-0.05, 0) is 140 Å². The van der Waals surface area contributed by atoms with Gasteiger partial charge in [-0.15, -0.1) is 0 Å². The summed E-state index contributed by atoms with van der Waals surface area (Å²) in [6, 6.07) is 129. The Hall–Kier alpha value is -10.4. The summed E-state index contributed by atoms with van der Waals surface area (Å²) < 4.78 is 32.7. The fourth-order valence-electron chi connectivity index (χ4n) is 13.3. The van der Waals surface area contributed by atoms with E-state index < -0.39 is 18.2 Å². The topological polar surface area (TPSA) is 89.4 Å². The van der Waals surface area contributed by atoms with E-state index in [0.29, 0.717) is 0 Å². The zero-order valence-corrected chi connectivity index (χ0v) is 50.6. The second kappa shape index (κ2) is 25.4. The van der Waals surface area contributed by atoms with E-state index >= 15 is 0 Å². The summed E-state index contributed by atoms with van der Waals surface area (Å²) in [5.74, 6) is 0. The van der Waals surface area contributed by atoms with Crippen LogP contribution in [0.1, 0.15) is 0 Å². The van der Waals surface area contributed by atoms with E-state index in [-0.39, 0.29) is 0 Å². The quantitative estimate of drug-likeness (QED) is 0.123. The summed E-state index contributed by atoms with van der Waals surface area (Å²) in [5, 5.41) is 11.2. The maximum atomic E-state index is 8.60. The minimum Gasteiger partial charge on any atom is -0.183 e. The summed E-state index contributed by atoms with van der Waals surface area (Å²) in [5.41, 5.74) is 21.5. The molecule has 0 heterocycles. The van der Waals surface area contributed by atoms with Crippen LogP contribution in [0.5, 0.6) is 0 Å². The summed E-state index contributed by atoms with van der Waals surface area (Å²) in [6.45, 7) is 0. The van der Waals surface area contributed by atoms with Gasteiger partial charge in [0.1, 0.15) is 0 Å². The summed E-state index contributed by atoms with van der Waals surface area (Å²) in [7, 11) is -6.44. The molecule has 0 saturated heterocycles. The fourth-order valence-corrected chi connectivity index (χ4v) is 16.7. The Balaban J connectivity index is 0.00000136. The van der Waals surface area contributed by atoms with Crippen LogP contribution in [0.25, 0.3) is 132 Å². The molecule has 0 aliphatic carbocycles. The van der Waals surface area contributed by atoms with E-state index in [1.807, 2.05) is 0 Å². The average Bonchev–Trinajstić information content (AvgIpc) is 0.703. The fraction of sp³-hybridized carbons (Fsp3) is 0. The lowest BCUT2D eigenvalue weighted by Gasteiger charge is -2.35. The Bertz CT molecular complexity index is 4490. The van der Waals surface area contributed by atoms with Gasteiger partial charge in [0.25, 0.3) is 0 Å². The third-order valence-electron chi connectivity index (χ3n) is 16.8. The number of rotatable bonds is 12. The molecule has 0 aliphatic rings. The first-order chi connectivity index (χ1) is 44.3. The summed E-state index contributed by atoms with van der Waals surface area (Å²) in [4.78, 5) is 0. The van der Waals surface area contributed by atoms with Crippen LogP contribution in [0.3, 0.4) is 0 Å². The van der Waals surface area contributed by atoms with Gasteiger partial charge < -0.3 is 0 Å². The Labute approximate surface area is 527 Å². The van der Waals surface area contributed by atoms with Crippen molar-refractivity contribution < 1.29 is 28.9 Å². The van der Waals surface area contributed by atoms with Gasteiger partial charge in [-0.2, -0.15) is 14.0 Å². The van der Waals surface area contributed by atoms with Gasteiger partial charge in [-0.1, -0.05) is 346 Å². The molecule has 0 atom stereocenters. The largest absolute Gasteiger partial charge is 0.183 e. The predicted octanol–water partition coefficient (Wildman–Crippen LogP) is 17.8. The average molecular weight is 1200 g/mol. The molecule has 4 nitrogen and oxygen atoms in total. The normalized spacial score (nSPS) is 11.4. The third-order valence-corrected chi connectivity index (χ3v) is 19.5. The minimum absolute atomic E-state index is 1.16. The molecule has 0 saturated carbocycles. The lowest BCUT2D eigenvalue weighted by molar-refractivity contribution is -1.92. The van der Waals surface area contributed by atoms with Crippen LogP contribution in [0.15, 0.2) is 346 Å². The van der Waals surface area contributed by atoms with Crippen LogP contribution in [0, 0.1) is 10.2 Å². The molecular weight excluding hydrogens is 1140 g/mol. The molecule has 0 fully saturated rings. The standard InChI is InChI=1S/C84H57P.ClHO4/c1-10-34-58(35-11-1)73-67-52-28-31-55-70(67)82(79(64-46-22-7-23-47-64)76(73)61-40-16-4-17-41-61)85(83-71-56-32-29-53-68(71)74(59-36-12-2-13-37-59)77(62-42-18-5-19-43-62)80(83)65-48-24-8-25-49-65)84-72-57-33-30-54-69(72)75(60-38-14-3-15-39-60)78(63-44-20-6-21-45-63)81(84)66-50-26-9-27-51-66;2-1(3,4)5/h1-57H;(H,2,3,4,5). The molecule has 15 aromatic carbocycles. The monoisotopic (exact) mass is 1200 g/mol. The van der Waals surface area contributed by atoms with Crippen LogP contribution >= 0.6 is 7.92 Å². The number of benzene rings is 15. The Morgan fingerprint density at radius 2 is 0.311 bits per heavy atom. The highest BCUT2D eigenvalue weighted by molar-refractivity contribution is 7.82. The van der Waals surface area contributed by atoms with Crippen LogP contribution in [0.4, 0.5) is 0 Å². The van der Waals surface area contributed by atoms with E-state index in [2.05, 4.69) is 346 Å². The van der Waals surface area contributed by atoms with Crippen LogP contribution < -0.4 is 29.9 Å². The molecule has 0 radical (unpaired) electrons. The van der Waals surface area contributed by atoms with Gasteiger partial charge in [-0.25, -0.2) is 0 Å². The van der Waals surface area contributed by atoms with Crippen molar-refractivity contribution in [3.63, 3.8) is 0 Å².